The molecule has 2 aromatic heterocycles. The van der Waals surface area contributed by atoms with Crippen LogP contribution in [0, 0.1) is 6.92 Å². The standard InChI is InChI=1S/C18H17N3O2S/c1-11-2-5-16(24-11)17-13-6-7-19-18(13)21(20-17)12-3-4-14-15(10-12)23-9-8-22-14/h2-5,10,19H,6-9H2,1H3. The molecule has 4 heterocycles. The first-order valence-electron chi connectivity index (χ1n) is 8.12. The highest BCUT2D eigenvalue weighted by Crippen LogP contribution is 2.39. The lowest BCUT2D eigenvalue weighted by molar-refractivity contribution is 0.171. The fourth-order valence-corrected chi connectivity index (χ4v) is 4.16. The Morgan fingerprint density at radius 2 is 2.00 bits per heavy atom. The summed E-state index contributed by atoms with van der Waals surface area (Å²) in [6.07, 6.45) is 1.01. The fraction of sp³-hybridized carbons (Fsp3) is 0.278. The molecular formula is C18H17N3O2S. The fourth-order valence-electron chi connectivity index (χ4n) is 3.29. The van der Waals surface area contributed by atoms with Gasteiger partial charge in [0.1, 0.15) is 24.7 Å². The van der Waals surface area contributed by atoms with Crippen LogP contribution >= 0.6 is 11.3 Å². The van der Waals surface area contributed by atoms with Crippen LogP contribution in [0.1, 0.15) is 10.4 Å². The maximum absolute atomic E-state index is 5.72. The summed E-state index contributed by atoms with van der Waals surface area (Å²) in [6, 6.07) is 10.3. The van der Waals surface area contributed by atoms with Gasteiger partial charge >= 0.3 is 0 Å². The van der Waals surface area contributed by atoms with Gasteiger partial charge in [0.2, 0.25) is 0 Å². The van der Waals surface area contributed by atoms with E-state index in [4.69, 9.17) is 14.6 Å². The third-order valence-corrected chi connectivity index (χ3v) is 5.40. The van der Waals surface area contributed by atoms with Crippen LogP contribution in [-0.4, -0.2) is 29.5 Å². The molecule has 0 bridgehead atoms. The smallest absolute Gasteiger partial charge is 0.163 e. The molecule has 1 N–H and O–H groups in total. The van der Waals surface area contributed by atoms with Gasteiger partial charge in [-0.15, -0.1) is 11.3 Å². The molecule has 1 aromatic carbocycles. The lowest BCUT2D eigenvalue weighted by Crippen LogP contribution is -2.15. The number of anilines is 1. The van der Waals surface area contributed by atoms with Crippen LogP contribution in [0.15, 0.2) is 30.3 Å². The highest BCUT2D eigenvalue weighted by Gasteiger charge is 2.25. The quantitative estimate of drug-likeness (QED) is 0.774. The average Bonchev–Trinajstić information content (AvgIpc) is 3.30. The van der Waals surface area contributed by atoms with Gasteiger partial charge in [-0.2, -0.15) is 5.10 Å². The first kappa shape index (κ1) is 13.9. The van der Waals surface area contributed by atoms with E-state index in [0.717, 1.165) is 41.7 Å². The normalized spacial score (nSPS) is 15.2. The Kier molecular flexibility index (Phi) is 3.06. The van der Waals surface area contributed by atoms with Crippen LogP contribution in [0.25, 0.3) is 16.3 Å². The van der Waals surface area contributed by atoms with Gasteiger partial charge in [0.25, 0.3) is 0 Å². The van der Waals surface area contributed by atoms with Crippen molar-refractivity contribution in [1.82, 2.24) is 9.78 Å². The molecule has 0 fully saturated rings. The van der Waals surface area contributed by atoms with Crippen molar-refractivity contribution in [3.63, 3.8) is 0 Å². The number of thiophene rings is 1. The monoisotopic (exact) mass is 339 g/mol. The molecule has 0 unspecified atom stereocenters. The Labute approximate surface area is 143 Å². The van der Waals surface area contributed by atoms with Gasteiger partial charge in [-0.25, -0.2) is 4.68 Å². The summed E-state index contributed by atoms with van der Waals surface area (Å²) in [5.41, 5.74) is 3.37. The predicted octanol–water partition coefficient (Wildman–Crippen LogP) is 3.65. The maximum atomic E-state index is 5.72. The number of aryl methyl sites for hydroxylation is 1. The minimum atomic E-state index is 0.589. The summed E-state index contributed by atoms with van der Waals surface area (Å²) in [4.78, 5) is 2.53. The Bertz CT molecular complexity index is 928. The molecule has 0 atom stereocenters. The van der Waals surface area contributed by atoms with Crippen molar-refractivity contribution < 1.29 is 9.47 Å². The second kappa shape index (κ2) is 5.27. The van der Waals surface area contributed by atoms with E-state index < -0.39 is 0 Å². The molecular weight excluding hydrogens is 322 g/mol. The molecule has 24 heavy (non-hydrogen) atoms. The van der Waals surface area contributed by atoms with Crippen molar-refractivity contribution in [3.05, 3.63) is 40.8 Å². The molecule has 2 aliphatic rings. The highest BCUT2D eigenvalue weighted by atomic mass is 32.1. The molecule has 0 saturated heterocycles. The van der Waals surface area contributed by atoms with Gasteiger partial charge in [-0.05, 0) is 37.6 Å². The topological polar surface area (TPSA) is 48.3 Å². The third kappa shape index (κ3) is 2.10. The largest absolute Gasteiger partial charge is 0.486 e. The van der Waals surface area contributed by atoms with Gasteiger partial charge in [-0.1, -0.05) is 0 Å². The van der Waals surface area contributed by atoms with E-state index in [9.17, 15) is 0 Å². The zero-order valence-corrected chi connectivity index (χ0v) is 14.2. The number of nitrogens with one attached hydrogen (secondary N) is 1. The van der Waals surface area contributed by atoms with Crippen molar-refractivity contribution in [1.29, 1.82) is 0 Å². The molecule has 0 amide bonds. The molecule has 0 radical (unpaired) electrons. The number of aromatic nitrogens is 2. The van der Waals surface area contributed by atoms with E-state index in [-0.39, 0.29) is 0 Å². The highest BCUT2D eigenvalue weighted by molar-refractivity contribution is 7.15. The summed E-state index contributed by atoms with van der Waals surface area (Å²) in [5, 5.41) is 8.38. The Hall–Kier alpha value is -2.47. The lowest BCUT2D eigenvalue weighted by Gasteiger charge is -2.19. The van der Waals surface area contributed by atoms with Crippen LogP contribution in [0.3, 0.4) is 0 Å². The summed E-state index contributed by atoms with van der Waals surface area (Å²) in [5.74, 6) is 2.68. The molecule has 0 saturated carbocycles. The Morgan fingerprint density at radius 1 is 1.12 bits per heavy atom. The van der Waals surface area contributed by atoms with Crippen LogP contribution in [0.4, 0.5) is 5.82 Å². The Morgan fingerprint density at radius 3 is 2.83 bits per heavy atom. The molecule has 5 nitrogen and oxygen atoms in total. The number of ether oxygens (including phenoxy) is 2. The van der Waals surface area contributed by atoms with Crippen LogP contribution < -0.4 is 14.8 Å². The van der Waals surface area contributed by atoms with Crippen LogP contribution in [0.2, 0.25) is 0 Å². The molecule has 3 aromatic rings. The Balaban J connectivity index is 1.64. The second-order valence-corrected chi connectivity index (χ2v) is 7.29. The molecule has 0 aliphatic carbocycles. The van der Waals surface area contributed by atoms with Gasteiger partial charge in [-0.3, -0.25) is 0 Å². The number of benzene rings is 1. The first-order chi connectivity index (χ1) is 11.8. The van der Waals surface area contributed by atoms with Gasteiger partial charge in [0.05, 0.1) is 10.6 Å². The number of rotatable bonds is 2. The number of nitrogens with zero attached hydrogens (tertiary/aromatic N) is 2. The van der Waals surface area contributed by atoms with Gasteiger partial charge < -0.3 is 14.8 Å². The number of hydrogen-bond donors (Lipinski definition) is 1. The third-order valence-electron chi connectivity index (χ3n) is 4.40. The lowest BCUT2D eigenvalue weighted by atomic mass is 10.2. The van der Waals surface area contributed by atoms with Gasteiger partial charge in [0.15, 0.2) is 11.5 Å². The predicted molar refractivity (Wildman–Crippen MR) is 94.8 cm³/mol. The summed E-state index contributed by atoms with van der Waals surface area (Å²) < 4.78 is 13.3. The first-order valence-corrected chi connectivity index (χ1v) is 8.94. The van der Waals surface area contributed by atoms with Crippen molar-refractivity contribution in [3.8, 4) is 27.8 Å². The second-order valence-electron chi connectivity index (χ2n) is 6.00. The van der Waals surface area contributed by atoms with Crippen molar-refractivity contribution >= 4 is 17.2 Å². The summed E-state index contributed by atoms with van der Waals surface area (Å²) >= 11 is 1.79. The molecule has 5 rings (SSSR count). The van der Waals surface area contributed by atoms with Gasteiger partial charge in [0, 0.05) is 23.1 Å². The van der Waals surface area contributed by atoms with Crippen LogP contribution in [0.5, 0.6) is 11.5 Å². The minimum Gasteiger partial charge on any atom is -0.486 e. The zero-order chi connectivity index (χ0) is 16.1. The molecule has 2 aliphatic heterocycles. The van der Waals surface area contributed by atoms with E-state index in [1.54, 1.807) is 11.3 Å². The molecule has 122 valence electrons. The average molecular weight is 339 g/mol. The van der Waals surface area contributed by atoms with Crippen molar-refractivity contribution in [2.24, 2.45) is 0 Å². The molecule has 0 spiro atoms. The van der Waals surface area contributed by atoms with E-state index >= 15 is 0 Å². The number of hydrogen-bond acceptors (Lipinski definition) is 5. The summed E-state index contributed by atoms with van der Waals surface area (Å²) in [7, 11) is 0. The molecule has 6 heteroatoms. The number of fused-ring (bicyclic) bond motifs is 2. The zero-order valence-electron chi connectivity index (χ0n) is 13.3. The SMILES string of the molecule is Cc1ccc(-c2nn(-c3ccc4c(c3)OCCO4)c3c2CCN3)s1. The van der Waals surface area contributed by atoms with E-state index in [2.05, 4.69) is 24.4 Å². The van der Waals surface area contributed by atoms with Crippen LogP contribution in [-0.2, 0) is 6.42 Å². The minimum absolute atomic E-state index is 0.589. The summed E-state index contributed by atoms with van der Waals surface area (Å²) in [6.45, 7) is 4.28. The van der Waals surface area contributed by atoms with E-state index in [1.165, 1.54) is 15.3 Å². The van der Waals surface area contributed by atoms with Crippen molar-refractivity contribution in [2.45, 2.75) is 13.3 Å². The van der Waals surface area contributed by atoms with Crippen molar-refractivity contribution in [2.75, 3.05) is 25.1 Å². The van der Waals surface area contributed by atoms with E-state index in [1.807, 2.05) is 22.9 Å². The van der Waals surface area contributed by atoms with E-state index in [0.29, 0.717) is 13.2 Å². The maximum Gasteiger partial charge on any atom is 0.163 e.